The van der Waals surface area contributed by atoms with E-state index in [0.717, 1.165) is 28.3 Å². The highest BCUT2D eigenvalue weighted by molar-refractivity contribution is 6.31. The zero-order chi connectivity index (χ0) is 11.8. The number of hydrogen-bond donors (Lipinski definition) is 0. The molecule has 0 aliphatic carbocycles. The van der Waals surface area contributed by atoms with Gasteiger partial charge in [0, 0.05) is 17.0 Å². The van der Waals surface area contributed by atoms with E-state index in [4.69, 9.17) is 16.3 Å². The van der Waals surface area contributed by atoms with Crippen LogP contribution >= 0.6 is 11.6 Å². The van der Waals surface area contributed by atoms with E-state index in [0.29, 0.717) is 0 Å². The van der Waals surface area contributed by atoms with Crippen LogP contribution in [0.1, 0.15) is 12.5 Å². The fourth-order valence-corrected chi connectivity index (χ4v) is 2.57. The largest absolute Gasteiger partial charge is 0.489 e. The van der Waals surface area contributed by atoms with E-state index in [1.54, 1.807) is 0 Å². The van der Waals surface area contributed by atoms with Crippen LogP contribution in [0.25, 0.3) is 11.1 Å². The van der Waals surface area contributed by atoms with Crippen molar-refractivity contribution in [1.82, 2.24) is 0 Å². The summed E-state index contributed by atoms with van der Waals surface area (Å²) in [5.41, 5.74) is 3.46. The Balaban J connectivity index is 2.18. The number of hydrogen-bond acceptors (Lipinski definition) is 1. The molecule has 0 saturated carbocycles. The van der Waals surface area contributed by atoms with E-state index in [9.17, 15) is 0 Å². The Bertz CT molecular complexity index is 548. The molecule has 1 aliphatic rings. The van der Waals surface area contributed by atoms with Gasteiger partial charge in [-0.15, -0.1) is 0 Å². The number of fused-ring (bicyclic) bond motifs is 1. The summed E-state index contributed by atoms with van der Waals surface area (Å²) in [6.07, 6.45) is 1.18. The Morgan fingerprint density at radius 2 is 1.94 bits per heavy atom. The second-order valence-corrected chi connectivity index (χ2v) is 4.88. The van der Waals surface area contributed by atoms with Crippen LogP contribution in [0.15, 0.2) is 42.5 Å². The van der Waals surface area contributed by atoms with Gasteiger partial charge < -0.3 is 4.74 Å². The Hall–Kier alpha value is -1.47. The van der Waals surface area contributed by atoms with Gasteiger partial charge in [0.2, 0.25) is 0 Å². The SMILES string of the molecule is CC1Cc2cc(Cl)cc(-c3ccccc3)c2O1. The maximum Gasteiger partial charge on any atom is 0.130 e. The lowest BCUT2D eigenvalue weighted by Gasteiger charge is -2.10. The molecule has 1 atom stereocenters. The predicted octanol–water partition coefficient (Wildman–Crippen LogP) is 4.33. The summed E-state index contributed by atoms with van der Waals surface area (Å²) in [5, 5.41) is 0.778. The van der Waals surface area contributed by atoms with Gasteiger partial charge >= 0.3 is 0 Å². The molecule has 1 unspecified atom stereocenters. The van der Waals surface area contributed by atoms with Crippen LogP contribution in [0.3, 0.4) is 0 Å². The van der Waals surface area contributed by atoms with Crippen molar-refractivity contribution in [1.29, 1.82) is 0 Å². The lowest BCUT2D eigenvalue weighted by molar-refractivity contribution is 0.255. The molecule has 0 fully saturated rings. The van der Waals surface area contributed by atoms with Crippen molar-refractivity contribution in [3.63, 3.8) is 0 Å². The average molecular weight is 245 g/mol. The number of halogens is 1. The first-order valence-electron chi connectivity index (χ1n) is 5.78. The molecule has 0 bridgehead atoms. The normalized spacial score (nSPS) is 17.6. The molecule has 17 heavy (non-hydrogen) atoms. The Kier molecular flexibility index (Phi) is 2.56. The Morgan fingerprint density at radius 3 is 2.71 bits per heavy atom. The highest BCUT2D eigenvalue weighted by atomic mass is 35.5. The van der Waals surface area contributed by atoms with E-state index >= 15 is 0 Å². The van der Waals surface area contributed by atoms with Crippen LogP contribution in [-0.2, 0) is 6.42 Å². The molecule has 1 aliphatic heterocycles. The van der Waals surface area contributed by atoms with E-state index < -0.39 is 0 Å². The summed E-state index contributed by atoms with van der Waals surface area (Å²) in [5.74, 6) is 0.994. The van der Waals surface area contributed by atoms with Crippen molar-refractivity contribution in [3.05, 3.63) is 53.1 Å². The van der Waals surface area contributed by atoms with E-state index in [1.807, 2.05) is 30.3 Å². The summed E-state index contributed by atoms with van der Waals surface area (Å²) < 4.78 is 5.89. The Morgan fingerprint density at radius 1 is 1.18 bits per heavy atom. The lowest BCUT2D eigenvalue weighted by atomic mass is 10.0. The quantitative estimate of drug-likeness (QED) is 0.726. The van der Waals surface area contributed by atoms with Crippen LogP contribution in [0.4, 0.5) is 0 Å². The fourth-order valence-electron chi connectivity index (χ4n) is 2.33. The minimum absolute atomic E-state index is 0.242. The lowest BCUT2D eigenvalue weighted by Crippen LogP contribution is -2.05. The van der Waals surface area contributed by atoms with E-state index in [1.165, 1.54) is 5.56 Å². The maximum atomic E-state index is 6.17. The number of benzene rings is 2. The molecular formula is C15H13ClO. The van der Waals surface area contributed by atoms with Crippen LogP contribution in [0.2, 0.25) is 5.02 Å². The van der Waals surface area contributed by atoms with Crippen molar-refractivity contribution in [2.75, 3.05) is 0 Å². The molecule has 0 spiro atoms. The molecule has 3 rings (SSSR count). The molecular weight excluding hydrogens is 232 g/mol. The van der Waals surface area contributed by atoms with Crippen LogP contribution in [0.5, 0.6) is 5.75 Å². The zero-order valence-corrected chi connectivity index (χ0v) is 10.4. The van der Waals surface area contributed by atoms with Gasteiger partial charge in [0.05, 0.1) is 0 Å². The second kappa shape index (κ2) is 4.08. The summed E-state index contributed by atoms with van der Waals surface area (Å²) >= 11 is 6.17. The van der Waals surface area contributed by atoms with Gasteiger partial charge in [0.15, 0.2) is 0 Å². The summed E-state index contributed by atoms with van der Waals surface area (Å²) in [6, 6.07) is 14.2. The average Bonchev–Trinajstić information content (AvgIpc) is 2.69. The first-order chi connectivity index (χ1) is 8.24. The molecule has 1 heterocycles. The van der Waals surface area contributed by atoms with Crippen molar-refractivity contribution in [2.24, 2.45) is 0 Å². The maximum absolute atomic E-state index is 6.17. The van der Waals surface area contributed by atoms with Gasteiger partial charge in [-0.3, -0.25) is 0 Å². The number of rotatable bonds is 1. The molecule has 2 aromatic carbocycles. The van der Waals surface area contributed by atoms with Crippen LogP contribution in [-0.4, -0.2) is 6.10 Å². The van der Waals surface area contributed by atoms with Crippen molar-refractivity contribution in [3.8, 4) is 16.9 Å². The van der Waals surface area contributed by atoms with Crippen molar-refractivity contribution in [2.45, 2.75) is 19.4 Å². The van der Waals surface area contributed by atoms with E-state index in [-0.39, 0.29) is 6.10 Å². The highest BCUT2D eigenvalue weighted by Crippen LogP contribution is 2.40. The summed E-state index contributed by atoms with van der Waals surface area (Å²) in [4.78, 5) is 0. The van der Waals surface area contributed by atoms with Crippen LogP contribution < -0.4 is 4.74 Å². The first kappa shape index (κ1) is 10.7. The van der Waals surface area contributed by atoms with Gasteiger partial charge in [-0.25, -0.2) is 0 Å². The van der Waals surface area contributed by atoms with Crippen molar-refractivity contribution < 1.29 is 4.74 Å². The second-order valence-electron chi connectivity index (χ2n) is 4.44. The molecule has 0 radical (unpaired) electrons. The fraction of sp³-hybridized carbons (Fsp3) is 0.200. The molecule has 2 aromatic rings. The summed E-state index contributed by atoms with van der Waals surface area (Å²) in [7, 11) is 0. The molecule has 0 amide bonds. The first-order valence-corrected chi connectivity index (χ1v) is 6.16. The zero-order valence-electron chi connectivity index (χ0n) is 9.61. The minimum atomic E-state index is 0.242. The predicted molar refractivity (Wildman–Crippen MR) is 70.7 cm³/mol. The standard InChI is InChI=1S/C15H13ClO/c1-10-7-12-8-13(16)9-14(15(12)17-10)11-5-3-2-4-6-11/h2-6,8-10H,7H2,1H3. The number of ether oxygens (including phenoxy) is 1. The van der Waals surface area contributed by atoms with Gasteiger partial charge in [0.1, 0.15) is 11.9 Å². The molecule has 0 saturated heterocycles. The Labute approximate surface area is 106 Å². The van der Waals surface area contributed by atoms with E-state index in [2.05, 4.69) is 19.1 Å². The molecule has 2 heteroatoms. The van der Waals surface area contributed by atoms with Gasteiger partial charge in [-0.1, -0.05) is 41.9 Å². The molecule has 0 N–H and O–H groups in total. The third-order valence-corrected chi connectivity index (χ3v) is 3.26. The highest BCUT2D eigenvalue weighted by Gasteiger charge is 2.23. The smallest absolute Gasteiger partial charge is 0.130 e. The van der Waals surface area contributed by atoms with Gasteiger partial charge in [-0.05, 0) is 30.2 Å². The molecule has 0 aromatic heterocycles. The van der Waals surface area contributed by atoms with Crippen LogP contribution in [0, 0.1) is 0 Å². The molecule has 86 valence electrons. The topological polar surface area (TPSA) is 9.23 Å². The van der Waals surface area contributed by atoms with Crippen molar-refractivity contribution >= 4 is 11.6 Å². The monoisotopic (exact) mass is 244 g/mol. The minimum Gasteiger partial charge on any atom is -0.489 e. The van der Waals surface area contributed by atoms with Gasteiger partial charge in [-0.2, -0.15) is 0 Å². The third-order valence-electron chi connectivity index (χ3n) is 3.04. The van der Waals surface area contributed by atoms with Gasteiger partial charge in [0.25, 0.3) is 0 Å². The third kappa shape index (κ3) is 1.91. The summed E-state index contributed by atoms with van der Waals surface area (Å²) in [6.45, 7) is 2.09. The molecule has 1 nitrogen and oxygen atoms in total.